The highest BCUT2D eigenvalue weighted by Crippen LogP contribution is 2.12. The van der Waals surface area contributed by atoms with Gasteiger partial charge in [-0.25, -0.2) is 5.84 Å². The Morgan fingerprint density at radius 2 is 2.06 bits per heavy atom. The van der Waals surface area contributed by atoms with Crippen molar-refractivity contribution in [1.82, 2.24) is 5.01 Å². The third kappa shape index (κ3) is 8.83. The number of nitrogens with zero attached hydrogens (tertiary/aromatic N) is 1. The van der Waals surface area contributed by atoms with Gasteiger partial charge < -0.3 is 20.6 Å². The van der Waals surface area contributed by atoms with Gasteiger partial charge in [-0.1, -0.05) is 13.8 Å². The summed E-state index contributed by atoms with van der Waals surface area (Å²) in [6.45, 7) is 9.07. The summed E-state index contributed by atoms with van der Waals surface area (Å²) in [6, 6.07) is 0. The molecule has 0 spiro atoms. The van der Waals surface area contributed by atoms with Crippen LogP contribution in [-0.2, 0) is 9.53 Å². The first kappa shape index (κ1) is 16.7. The zero-order valence-corrected chi connectivity index (χ0v) is 11.6. The summed E-state index contributed by atoms with van der Waals surface area (Å²) in [7, 11) is 0. The maximum Gasteiger partial charge on any atom is 0.309 e. The molecular weight excluding hydrogens is 234 g/mol. The van der Waals surface area contributed by atoms with Crippen LogP contribution in [0, 0.1) is 5.92 Å². The average molecular weight is 259 g/mol. The van der Waals surface area contributed by atoms with Crippen molar-refractivity contribution in [1.29, 1.82) is 0 Å². The maximum absolute atomic E-state index is 10.4. The van der Waals surface area contributed by atoms with E-state index in [0.29, 0.717) is 19.1 Å². The lowest BCUT2D eigenvalue weighted by molar-refractivity contribution is -0.136. The highest BCUT2D eigenvalue weighted by atomic mass is 16.5. The van der Waals surface area contributed by atoms with E-state index in [1.807, 2.05) is 13.8 Å². The number of aliphatic carboxylic acids is 1. The third-order valence-corrected chi connectivity index (χ3v) is 2.06. The fraction of sp³-hybridized carbons (Fsp3) is 0.750. The molecule has 0 bridgehead atoms. The Hall–Kier alpha value is -1.27. The molecule has 0 fully saturated rings. The molecule has 0 heterocycles. The minimum atomic E-state index is -0.979. The first-order valence-electron chi connectivity index (χ1n) is 5.95. The van der Waals surface area contributed by atoms with Crippen molar-refractivity contribution in [2.24, 2.45) is 17.5 Å². The van der Waals surface area contributed by atoms with E-state index >= 15 is 0 Å². The molecule has 0 saturated heterocycles. The van der Waals surface area contributed by atoms with E-state index in [4.69, 9.17) is 21.4 Å². The smallest absolute Gasteiger partial charge is 0.309 e. The van der Waals surface area contributed by atoms with E-state index in [1.54, 1.807) is 0 Å². The van der Waals surface area contributed by atoms with Crippen LogP contribution in [-0.4, -0.2) is 34.8 Å². The summed E-state index contributed by atoms with van der Waals surface area (Å²) in [5, 5.41) is 9.93. The van der Waals surface area contributed by atoms with Crippen molar-refractivity contribution in [2.45, 2.75) is 39.7 Å². The molecule has 0 rings (SSSR count). The zero-order valence-electron chi connectivity index (χ0n) is 11.6. The summed E-state index contributed by atoms with van der Waals surface area (Å²) in [5.41, 5.74) is 5.33. The van der Waals surface area contributed by atoms with Crippen LogP contribution >= 0.6 is 0 Å². The second kappa shape index (κ2) is 7.23. The standard InChI is InChI=1S/C12H25N3O3/c1-9(2)7-18-12(3,4)8-15(14)6-10(13)5-11(16)17/h6,9H,5,7-8,13-14H2,1-4H3,(H,16,17)/b10-6-. The molecule has 106 valence electrons. The summed E-state index contributed by atoms with van der Waals surface area (Å²) in [4.78, 5) is 10.4. The number of hydrogen-bond acceptors (Lipinski definition) is 5. The van der Waals surface area contributed by atoms with Crippen LogP contribution in [0.2, 0.25) is 0 Å². The average Bonchev–Trinajstić information content (AvgIpc) is 2.11. The predicted molar refractivity (Wildman–Crippen MR) is 70.3 cm³/mol. The van der Waals surface area contributed by atoms with E-state index in [-0.39, 0.29) is 12.1 Å². The SMILES string of the molecule is CC(C)COC(C)(C)CN(N)/C=C(\N)CC(=O)O. The number of ether oxygens (including phenoxy) is 1. The highest BCUT2D eigenvalue weighted by molar-refractivity contribution is 5.69. The highest BCUT2D eigenvalue weighted by Gasteiger charge is 2.20. The van der Waals surface area contributed by atoms with Gasteiger partial charge in [0.2, 0.25) is 0 Å². The number of hydrazine groups is 1. The molecule has 0 amide bonds. The number of hydrogen-bond donors (Lipinski definition) is 3. The monoisotopic (exact) mass is 259 g/mol. The number of nitrogens with two attached hydrogens (primary N) is 2. The molecule has 0 aromatic heterocycles. The summed E-state index contributed by atoms with van der Waals surface area (Å²) in [6.07, 6.45) is 1.20. The van der Waals surface area contributed by atoms with Gasteiger partial charge >= 0.3 is 5.97 Å². The molecule has 0 saturated carbocycles. The molecule has 0 aromatic carbocycles. The molecular formula is C12H25N3O3. The van der Waals surface area contributed by atoms with Crippen molar-refractivity contribution in [3.05, 3.63) is 11.9 Å². The van der Waals surface area contributed by atoms with E-state index < -0.39 is 11.6 Å². The van der Waals surface area contributed by atoms with Crippen LogP contribution in [0.1, 0.15) is 34.1 Å². The fourth-order valence-electron chi connectivity index (χ4n) is 1.36. The molecule has 5 N–H and O–H groups in total. The number of carboxylic acids is 1. The Balaban J connectivity index is 4.28. The van der Waals surface area contributed by atoms with Gasteiger partial charge in [0.25, 0.3) is 0 Å². The third-order valence-electron chi connectivity index (χ3n) is 2.06. The lowest BCUT2D eigenvalue weighted by Crippen LogP contribution is -2.42. The first-order chi connectivity index (χ1) is 8.12. The molecule has 0 atom stereocenters. The van der Waals surface area contributed by atoms with Gasteiger partial charge in [0.05, 0.1) is 18.6 Å². The molecule has 0 unspecified atom stereocenters. The zero-order chi connectivity index (χ0) is 14.3. The molecule has 6 heteroatoms. The first-order valence-corrected chi connectivity index (χ1v) is 5.95. The lowest BCUT2D eigenvalue weighted by atomic mass is 10.1. The van der Waals surface area contributed by atoms with Crippen LogP contribution in [0.3, 0.4) is 0 Å². The van der Waals surface area contributed by atoms with Crippen molar-refractivity contribution in [3.63, 3.8) is 0 Å². The molecule has 18 heavy (non-hydrogen) atoms. The molecule has 0 aliphatic rings. The fourth-order valence-corrected chi connectivity index (χ4v) is 1.36. The second-order valence-electron chi connectivity index (χ2n) is 5.41. The second-order valence-corrected chi connectivity index (χ2v) is 5.41. The lowest BCUT2D eigenvalue weighted by Gasteiger charge is -2.30. The minimum Gasteiger partial charge on any atom is -0.481 e. The Labute approximate surface area is 109 Å². The summed E-state index contributed by atoms with van der Waals surface area (Å²) < 4.78 is 5.72. The number of rotatable bonds is 8. The van der Waals surface area contributed by atoms with Gasteiger partial charge in [-0.15, -0.1) is 0 Å². The molecule has 0 aromatic rings. The topological polar surface area (TPSA) is 102 Å². The van der Waals surface area contributed by atoms with Gasteiger partial charge in [-0.3, -0.25) is 4.79 Å². The van der Waals surface area contributed by atoms with Crippen LogP contribution < -0.4 is 11.6 Å². The maximum atomic E-state index is 10.4. The van der Waals surface area contributed by atoms with Crippen molar-refractivity contribution in [2.75, 3.05) is 13.2 Å². The van der Waals surface area contributed by atoms with E-state index in [1.165, 1.54) is 11.2 Å². The van der Waals surface area contributed by atoms with Crippen LogP contribution in [0.4, 0.5) is 0 Å². The Kier molecular flexibility index (Phi) is 6.72. The normalized spacial score (nSPS) is 12.9. The van der Waals surface area contributed by atoms with Gasteiger partial charge in [-0.05, 0) is 19.8 Å². The van der Waals surface area contributed by atoms with Gasteiger partial charge in [-0.2, -0.15) is 0 Å². The van der Waals surface area contributed by atoms with Gasteiger partial charge in [0.1, 0.15) is 0 Å². The van der Waals surface area contributed by atoms with E-state index in [2.05, 4.69) is 13.8 Å². The van der Waals surface area contributed by atoms with Crippen molar-refractivity contribution < 1.29 is 14.6 Å². The van der Waals surface area contributed by atoms with E-state index in [9.17, 15) is 4.79 Å². The summed E-state index contributed by atoms with van der Waals surface area (Å²) in [5.74, 6) is 5.21. The quantitative estimate of drug-likeness (QED) is 0.442. The Bertz CT molecular complexity index is 301. The number of carbonyl (C=O) groups is 1. The Morgan fingerprint density at radius 1 is 1.50 bits per heavy atom. The Morgan fingerprint density at radius 3 is 2.50 bits per heavy atom. The van der Waals surface area contributed by atoms with Gasteiger partial charge in [0, 0.05) is 18.5 Å². The molecule has 0 aliphatic heterocycles. The van der Waals surface area contributed by atoms with E-state index in [0.717, 1.165) is 0 Å². The molecule has 0 aliphatic carbocycles. The largest absolute Gasteiger partial charge is 0.481 e. The van der Waals surface area contributed by atoms with Crippen LogP contribution in [0.15, 0.2) is 11.9 Å². The van der Waals surface area contributed by atoms with Crippen molar-refractivity contribution in [3.8, 4) is 0 Å². The molecule has 0 radical (unpaired) electrons. The van der Waals surface area contributed by atoms with Crippen LogP contribution in [0.25, 0.3) is 0 Å². The minimum absolute atomic E-state index is 0.213. The molecule has 6 nitrogen and oxygen atoms in total. The van der Waals surface area contributed by atoms with Crippen LogP contribution in [0.5, 0.6) is 0 Å². The summed E-state index contributed by atoms with van der Waals surface area (Å²) >= 11 is 0. The predicted octanol–water partition coefficient (Wildman–Crippen LogP) is 0.888. The number of carboxylic acid groups (broad SMARTS) is 1. The van der Waals surface area contributed by atoms with Gasteiger partial charge in [0.15, 0.2) is 0 Å². The van der Waals surface area contributed by atoms with Crippen molar-refractivity contribution >= 4 is 5.97 Å².